The largest absolute Gasteiger partial charge is 0.354 e. The standard InChI is InChI=1S/C16H22N2O2/c1-10(2)17-16(20)13-8-15(19)18(9-13)14-7-5-6-11(3)12(14)4/h5-7,10,13H,8-9H2,1-4H3,(H,17,20)/t13-/m1/s1. The summed E-state index contributed by atoms with van der Waals surface area (Å²) in [6, 6.07) is 6.03. The van der Waals surface area contributed by atoms with Gasteiger partial charge in [-0.2, -0.15) is 0 Å². The number of anilines is 1. The molecule has 0 radical (unpaired) electrons. The van der Waals surface area contributed by atoms with Crippen LogP contribution in [-0.2, 0) is 9.59 Å². The molecule has 1 aliphatic heterocycles. The van der Waals surface area contributed by atoms with E-state index in [1.165, 1.54) is 0 Å². The molecule has 4 nitrogen and oxygen atoms in total. The molecule has 0 spiro atoms. The van der Waals surface area contributed by atoms with Gasteiger partial charge in [-0.1, -0.05) is 12.1 Å². The van der Waals surface area contributed by atoms with E-state index in [9.17, 15) is 9.59 Å². The molecule has 108 valence electrons. The molecule has 0 saturated carbocycles. The van der Waals surface area contributed by atoms with Crippen LogP contribution >= 0.6 is 0 Å². The monoisotopic (exact) mass is 274 g/mol. The Kier molecular flexibility index (Phi) is 4.12. The van der Waals surface area contributed by atoms with Gasteiger partial charge in [-0.15, -0.1) is 0 Å². The lowest BCUT2D eigenvalue weighted by Gasteiger charge is -2.20. The summed E-state index contributed by atoms with van der Waals surface area (Å²) in [4.78, 5) is 26.0. The molecule has 2 rings (SSSR count). The maximum absolute atomic E-state index is 12.2. The molecule has 1 aromatic rings. The Balaban J connectivity index is 2.17. The Morgan fingerprint density at radius 1 is 1.35 bits per heavy atom. The minimum atomic E-state index is -0.246. The maximum Gasteiger partial charge on any atom is 0.227 e. The van der Waals surface area contributed by atoms with Gasteiger partial charge in [-0.25, -0.2) is 0 Å². The van der Waals surface area contributed by atoms with Crippen LogP contribution in [0.4, 0.5) is 5.69 Å². The predicted octanol–water partition coefficient (Wildman–Crippen LogP) is 2.18. The molecule has 1 heterocycles. The summed E-state index contributed by atoms with van der Waals surface area (Å²) in [6.45, 7) is 8.37. The molecular formula is C16H22N2O2. The third kappa shape index (κ3) is 2.84. The summed E-state index contributed by atoms with van der Waals surface area (Å²) < 4.78 is 0. The average Bonchev–Trinajstić information content (AvgIpc) is 2.74. The zero-order chi connectivity index (χ0) is 14.9. The van der Waals surface area contributed by atoms with Crippen molar-refractivity contribution >= 4 is 17.5 Å². The molecule has 20 heavy (non-hydrogen) atoms. The quantitative estimate of drug-likeness (QED) is 0.918. The van der Waals surface area contributed by atoms with Crippen LogP contribution < -0.4 is 10.2 Å². The third-order valence-corrected chi connectivity index (χ3v) is 3.79. The van der Waals surface area contributed by atoms with Gasteiger partial charge in [0, 0.05) is 24.7 Å². The van der Waals surface area contributed by atoms with Crippen LogP contribution in [0.25, 0.3) is 0 Å². The molecule has 1 aliphatic rings. The summed E-state index contributed by atoms with van der Waals surface area (Å²) in [5.74, 6) is -0.242. The van der Waals surface area contributed by atoms with Crippen molar-refractivity contribution in [3.63, 3.8) is 0 Å². The van der Waals surface area contributed by atoms with Crippen molar-refractivity contribution in [3.8, 4) is 0 Å². The molecule has 1 fully saturated rings. The molecule has 1 saturated heterocycles. The number of amides is 2. The molecule has 2 amide bonds. The summed E-state index contributed by atoms with van der Waals surface area (Å²) in [7, 11) is 0. The lowest BCUT2D eigenvalue weighted by atomic mass is 10.1. The van der Waals surface area contributed by atoms with Crippen LogP contribution in [0.5, 0.6) is 0 Å². The summed E-state index contributed by atoms with van der Waals surface area (Å²) in [5.41, 5.74) is 3.19. The lowest BCUT2D eigenvalue weighted by Crippen LogP contribution is -2.37. The van der Waals surface area contributed by atoms with E-state index in [0.29, 0.717) is 13.0 Å². The molecule has 1 atom stereocenters. The Hall–Kier alpha value is -1.84. The van der Waals surface area contributed by atoms with Gasteiger partial charge in [0.2, 0.25) is 11.8 Å². The smallest absolute Gasteiger partial charge is 0.227 e. The van der Waals surface area contributed by atoms with Crippen LogP contribution in [0, 0.1) is 19.8 Å². The first-order valence-electron chi connectivity index (χ1n) is 7.07. The fourth-order valence-electron chi connectivity index (χ4n) is 2.55. The molecule has 0 aliphatic carbocycles. The number of nitrogens with one attached hydrogen (secondary N) is 1. The minimum absolute atomic E-state index is 0.0267. The maximum atomic E-state index is 12.2. The Labute approximate surface area is 120 Å². The number of carbonyl (C=O) groups excluding carboxylic acids is 2. The third-order valence-electron chi connectivity index (χ3n) is 3.79. The predicted molar refractivity (Wildman–Crippen MR) is 79.7 cm³/mol. The van der Waals surface area contributed by atoms with Crippen LogP contribution in [0.3, 0.4) is 0 Å². The van der Waals surface area contributed by atoms with Crippen molar-refractivity contribution in [3.05, 3.63) is 29.3 Å². The van der Waals surface area contributed by atoms with E-state index in [2.05, 4.69) is 5.32 Å². The van der Waals surface area contributed by atoms with E-state index in [-0.39, 0.29) is 23.8 Å². The molecule has 0 bridgehead atoms. The van der Waals surface area contributed by atoms with Gasteiger partial charge < -0.3 is 10.2 Å². The van der Waals surface area contributed by atoms with Crippen molar-refractivity contribution in [1.82, 2.24) is 5.32 Å². The molecule has 4 heteroatoms. The average molecular weight is 274 g/mol. The molecular weight excluding hydrogens is 252 g/mol. The number of rotatable bonds is 3. The van der Waals surface area contributed by atoms with Gasteiger partial charge in [0.25, 0.3) is 0 Å². The van der Waals surface area contributed by atoms with Crippen molar-refractivity contribution in [2.45, 2.75) is 40.2 Å². The van der Waals surface area contributed by atoms with Crippen LogP contribution in [0.2, 0.25) is 0 Å². The van der Waals surface area contributed by atoms with Gasteiger partial charge >= 0.3 is 0 Å². The molecule has 0 aromatic heterocycles. The van der Waals surface area contributed by atoms with Gasteiger partial charge in [0.1, 0.15) is 0 Å². The second kappa shape index (κ2) is 5.65. The Morgan fingerprint density at radius 3 is 2.70 bits per heavy atom. The van der Waals surface area contributed by atoms with Crippen molar-refractivity contribution in [2.24, 2.45) is 5.92 Å². The number of hydrogen-bond acceptors (Lipinski definition) is 2. The van der Waals surface area contributed by atoms with Crippen LogP contribution in [-0.4, -0.2) is 24.4 Å². The highest BCUT2D eigenvalue weighted by atomic mass is 16.2. The van der Waals surface area contributed by atoms with E-state index in [1.807, 2.05) is 45.9 Å². The highest BCUT2D eigenvalue weighted by molar-refractivity contribution is 6.00. The first-order valence-corrected chi connectivity index (χ1v) is 7.07. The number of benzene rings is 1. The normalized spacial score (nSPS) is 18.8. The van der Waals surface area contributed by atoms with E-state index in [4.69, 9.17) is 0 Å². The molecule has 0 unspecified atom stereocenters. The lowest BCUT2D eigenvalue weighted by molar-refractivity contribution is -0.126. The van der Waals surface area contributed by atoms with Crippen molar-refractivity contribution < 1.29 is 9.59 Å². The summed E-state index contributed by atoms with van der Waals surface area (Å²) in [6.07, 6.45) is 0.298. The highest BCUT2D eigenvalue weighted by Crippen LogP contribution is 2.29. The fourth-order valence-corrected chi connectivity index (χ4v) is 2.55. The highest BCUT2D eigenvalue weighted by Gasteiger charge is 2.35. The number of hydrogen-bond donors (Lipinski definition) is 1. The van der Waals surface area contributed by atoms with Gasteiger partial charge in [0.05, 0.1) is 5.92 Å². The van der Waals surface area contributed by atoms with Gasteiger partial charge in [0.15, 0.2) is 0 Å². The van der Waals surface area contributed by atoms with E-state index >= 15 is 0 Å². The van der Waals surface area contributed by atoms with Crippen LogP contribution in [0.1, 0.15) is 31.4 Å². The topological polar surface area (TPSA) is 49.4 Å². The zero-order valence-corrected chi connectivity index (χ0v) is 12.6. The Bertz CT molecular complexity index is 537. The van der Waals surface area contributed by atoms with E-state index in [1.54, 1.807) is 4.90 Å². The van der Waals surface area contributed by atoms with Crippen LogP contribution in [0.15, 0.2) is 18.2 Å². The second-order valence-electron chi connectivity index (χ2n) is 5.79. The zero-order valence-electron chi connectivity index (χ0n) is 12.6. The minimum Gasteiger partial charge on any atom is -0.354 e. The first kappa shape index (κ1) is 14.6. The van der Waals surface area contributed by atoms with Crippen molar-refractivity contribution in [2.75, 3.05) is 11.4 Å². The molecule has 1 aromatic carbocycles. The number of aryl methyl sites for hydroxylation is 1. The van der Waals surface area contributed by atoms with Gasteiger partial charge in [-0.3, -0.25) is 9.59 Å². The van der Waals surface area contributed by atoms with Gasteiger partial charge in [-0.05, 0) is 44.9 Å². The second-order valence-corrected chi connectivity index (χ2v) is 5.79. The molecule has 1 N–H and O–H groups in total. The van der Waals surface area contributed by atoms with E-state index < -0.39 is 0 Å². The van der Waals surface area contributed by atoms with Crippen molar-refractivity contribution in [1.29, 1.82) is 0 Å². The Morgan fingerprint density at radius 2 is 2.05 bits per heavy atom. The first-order chi connectivity index (χ1) is 9.40. The summed E-state index contributed by atoms with van der Waals surface area (Å²) in [5, 5.41) is 2.89. The van der Waals surface area contributed by atoms with E-state index in [0.717, 1.165) is 16.8 Å². The number of nitrogens with zero attached hydrogens (tertiary/aromatic N) is 1. The number of carbonyl (C=O) groups is 2. The SMILES string of the molecule is Cc1cccc(N2C[C@H](C(=O)NC(C)C)CC2=O)c1C. The summed E-state index contributed by atoms with van der Waals surface area (Å²) >= 11 is 0. The fraction of sp³-hybridized carbons (Fsp3) is 0.500.